The molecule has 1 amide bonds. The molecule has 1 aliphatic heterocycles. The Morgan fingerprint density at radius 3 is 2.88 bits per heavy atom. The minimum Gasteiger partial charge on any atom is -0.267 e. The lowest BCUT2D eigenvalue weighted by molar-refractivity contribution is 0.100. The van der Waals surface area contributed by atoms with Gasteiger partial charge in [0.05, 0.1) is 5.56 Å². The van der Waals surface area contributed by atoms with Crippen LogP contribution in [0.3, 0.4) is 0 Å². The summed E-state index contributed by atoms with van der Waals surface area (Å²) < 4.78 is 0.731. The maximum absolute atomic E-state index is 11.9. The molecule has 0 aliphatic carbocycles. The summed E-state index contributed by atoms with van der Waals surface area (Å²) in [5.41, 5.74) is 4.38. The molecule has 1 aliphatic rings. The highest BCUT2D eigenvalue weighted by atomic mass is 79.9. The highest BCUT2D eigenvalue weighted by Crippen LogP contribution is 2.20. The van der Waals surface area contributed by atoms with Crippen LogP contribution in [-0.4, -0.2) is 16.1 Å². The van der Waals surface area contributed by atoms with Gasteiger partial charge in [-0.3, -0.25) is 4.79 Å². The molecule has 0 saturated heterocycles. The minimum absolute atomic E-state index is 0.309. The summed E-state index contributed by atoms with van der Waals surface area (Å²) in [4.78, 5) is 15.8. The average Bonchev–Trinajstić information content (AvgIpc) is 2.77. The van der Waals surface area contributed by atoms with Crippen molar-refractivity contribution in [3.05, 3.63) is 34.3 Å². The molecule has 0 aromatic heterocycles. The number of hydrogen-bond donors (Lipinski definition) is 0. The normalized spacial score (nSPS) is 16.8. The van der Waals surface area contributed by atoms with Crippen molar-refractivity contribution in [2.75, 3.05) is 0 Å². The van der Waals surface area contributed by atoms with Gasteiger partial charge in [-0.2, -0.15) is 4.99 Å². The topological polar surface area (TPSA) is 55.9 Å². The Bertz CT molecular complexity index is 513. The van der Waals surface area contributed by atoms with Gasteiger partial charge in [-0.1, -0.05) is 19.1 Å². The predicted molar refractivity (Wildman–Crippen MR) is 73.4 cm³/mol. The van der Waals surface area contributed by atoms with Crippen LogP contribution >= 0.6 is 27.7 Å². The fraction of sp³-hybridized carbons (Fsp3) is 0.182. The van der Waals surface area contributed by atoms with E-state index in [-0.39, 0.29) is 5.91 Å². The van der Waals surface area contributed by atoms with Gasteiger partial charge in [0.25, 0.3) is 5.91 Å². The Hall–Kier alpha value is -1.14. The number of amides is 1. The van der Waals surface area contributed by atoms with E-state index in [0.717, 1.165) is 15.9 Å². The predicted octanol–water partition coefficient (Wildman–Crippen LogP) is 3.02. The number of benzene rings is 1. The number of nitrogens with zero attached hydrogens (tertiary/aromatic N) is 3. The molecule has 0 saturated carbocycles. The number of thioether (sulfide) groups is 1. The monoisotopic (exact) mass is 310 g/mol. The molecule has 2 rings (SSSR count). The second kappa shape index (κ2) is 5.46. The summed E-state index contributed by atoms with van der Waals surface area (Å²) in [6.07, 6.45) is 0.802. The van der Waals surface area contributed by atoms with Gasteiger partial charge in [-0.15, -0.1) is 10.5 Å². The van der Waals surface area contributed by atoms with Gasteiger partial charge < -0.3 is 0 Å². The number of aliphatic imine (C=N–C) groups is 1. The van der Waals surface area contributed by atoms with Crippen LogP contribution < -0.4 is 5.43 Å². The van der Waals surface area contributed by atoms with Crippen LogP contribution in [0.1, 0.15) is 23.7 Å². The van der Waals surface area contributed by atoms with E-state index in [0.29, 0.717) is 10.7 Å². The summed E-state index contributed by atoms with van der Waals surface area (Å²) >= 11 is 4.65. The maximum Gasteiger partial charge on any atom is 0.280 e. The third-order valence-electron chi connectivity index (χ3n) is 2.06. The van der Waals surface area contributed by atoms with Gasteiger partial charge >= 0.3 is 0 Å². The first-order valence-corrected chi connectivity index (χ1v) is 6.64. The van der Waals surface area contributed by atoms with Gasteiger partial charge in [0.15, 0.2) is 0 Å². The number of hydrogen-bond acceptors (Lipinski definition) is 3. The van der Waals surface area contributed by atoms with Crippen LogP contribution in [0.25, 0.3) is 0 Å². The molecule has 1 aromatic carbocycles. The van der Waals surface area contributed by atoms with Crippen LogP contribution in [0.4, 0.5) is 0 Å². The number of rotatable bonds is 2. The summed E-state index contributed by atoms with van der Waals surface area (Å²) in [6, 6.07) is 7.17. The third-order valence-corrected chi connectivity index (χ3v) is 3.71. The van der Waals surface area contributed by atoms with Crippen molar-refractivity contribution < 1.29 is 4.79 Å². The highest BCUT2D eigenvalue weighted by Gasteiger charge is 2.17. The van der Waals surface area contributed by atoms with Crippen LogP contribution in [-0.2, 0) is 0 Å². The van der Waals surface area contributed by atoms with E-state index in [1.54, 1.807) is 18.2 Å². The quantitative estimate of drug-likeness (QED) is 0.843. The Balaban J connectivity index is 2.14. The first kappa shape index (κ1) is 12.3. The van der Waals surface area contributed by atoms with E-state index in [9.17, 15) is 4.79 Å². The summed E-state index contributed by atoms with van der Waals surface area (Å²) in [5.74, 6) is -0.309. The van der Waals surface area contributed by atoms with Crippen molar-refractivity contribution in [1.29, 1.82) is 0 Å². The molecule has 6 heteroatoms. The highest BCUT2D eigenvalue weighted by molar-refractivity contribution is 9.10. The Labute approximate surface area is 112 Å². The summed E-state index contributed by atoms with van der Waals surface area (Å²) in [5, 5.41) is 5.20. The molecule has 1 radical (unpaired) electrons. The Kier molecular flexibility index (Phi) is 3.96. The second-order valence-corrected chi connectivity index (χ2v) is 5.12. The van der Waals surface area contributed by atoms with E-state index >= 15 is 0 Å². The first-order valence-electron chi connectivity index (χ1n) is 5.03. The molecule has 0 fully saturated rings. The first-order chi connectivity index (χ1) is 8.20. The zero-order valence-corrected chi connectivity index (χ0v) is 11.5. The fourth-order valence-electron chi connectivity index (χ4n) is 1.21. The van der Waals surface area contributed by atoms with E-state index < -0.39 is 0 Å². The third kappa shape index (κ3) is 2.95. The van der Waals surface area contributed by atoms with Gasteiger partial charge in [0, 0.05) is 4.47 Å². The van der Waals surface area contributed by atoms with Crippen LogP contribution in [0.15, 0.2) is 38.8 Å². The lowest BCUT2D eigenvalue weighted by atomic mass is 10.2. The number of amidine groups is 1. The molecule has 4 nitrogen and oxygen atoms in total. The molecular formula is C11H9BrN3OS. The maximum atomic E-state index is 11.9. The van der Waals surface area contributed by atoms with Crippen molar-refractivity contribution in [3.8, 4) is 0 Å². The molecule has 0 N–H and O–H groups in total. The number of carbonyl (C=O) groups is 1. The van der Waals surface area contributed by atoms with E-state index in [2.05, 4.69) is 31.4 Å². The Morgan fingerprint density at radius 1 is 1.47 bits per heavy atom. The average molecular weight is 311 g/mol. The number of halogens is 1. The van der Waals surface area contributed by atoms with Crippen LogP contribution in [0, 0.1) is 0 Å². The van der Waals surface area contributed by atoms with Gasteiger partial charge in [-0.05, 0) is 46.2 Å². The molecule has 0 bridgehead atoms. The Morgan fingerprint density at radius 2 is 2.24 bits per heavy atom. The van der Waals surface area contributed by atoms with E-state index in [4.69, 9.17) is 0 Å². The largest absolute Gasteiger partial charge is 0.280 e. The summed E-state index contributed by atoms with van der Waals surface area (Å²) in [7, 11) is 0. The van der Waals surface area contributed by atoms with Gasteiger partial charge in [-0.25, -0.2) is 0 Å². The van der Waals surface area contributed by atoms with Crippen LogP contribution in [0.5, 0.6) is 0 Å². The minimum atomic E-state index is -0.309. The zero-order valence-electron chi connectivity index (χ0n) is 9.05. The molecule has 0 atom stereocenters. The molecule has 0 spiro atoms. The molecule has 1 aromatic rings. The van der Waals surface area contributed by atoms with E-state index in [1.807, 2.05) is 13.0 Å². The molecular weight excluding hydrogens is 302 g/mol. The molecule has 0 unspecified atom stereocenters. The standard InChI is InChI=1S/C11H9BrN3OS/c1-2-9-14-15-11(17-9)13-10(16)7-5-3-4-6-8(7)12/h3-6H,2H2,1H3. The molecule has 1 heterocycles. The van der Waals surface area contributed by atoms with Crippen molar-refractivity contribution >= 4 is 43.8 Å². The lowest BCUT2D eigenvalue weighted by Crippen LogP contribution is -2.05. The van der Waals surface area contributed by atoms with Crippen molar-refractivity contribution in [3.63, 3.8) is 0 Å². The SMILES string of the molecule is CCC1=N[N]C(=NC(=O)c2ccccc2Br)S1. The summed E-state index contributed by atoms with van der Waals surface area (Å²) in [6.45, 7) is 1.99. The van der Waals surface area contributed by atoms with Crippen LogP contribution in [0.2, 0.25) is 0 Å². The van der Waals surface area contributed by atoms with Crippen molar-refractivity contribution in [2.24, 2.45) is 10.1 Å². The zero-order chi connectivity index (χ0) is 12.3. The van der Waals surface area contributed by atoms with Gasteiger partial charge in [0.2, 0.25) is 5.17 Å². The van der Waals surface area contributed by atoms with E-state index in [1.165, 1.54) is 11.8 Å². The smallest absolute Gasteiger partial charge is 0.267 e. The van der Waals surface area contributed by atoms with Crippen molar-refractivity contribution in [1.82, 2.24) is 5.43 Å². The lowest BCUT2D eigenvalue weighted by Gasteiger charge is -1.98. The fourth-order valence-corrected chi connectivity index (χ4v) is 2.32. The number of carbonyl (C=O) groups excluding carboxylic acids is 1. The molecule has 87 valence electrons. The van der Waals surface area contributed by atoms with Crippen molar-refractivity contribution in [2.45, 2.75) is 13.3 Å². The second-order valence-electron chi connectivity index (χ2n) is 3.23. The van der Waals surface area contributed by atoms with Gasteiger partial charge in [0.1, 0.15) is 5.04 Å². The molecule has 17 heavy (non-hydrogen) atoms.